The second-order valence-electron chi connectivity index (χ2n) is 3.96. The quantitative estimate of drug-likeness (QED) is 0.851. The Morgan fingerprint density at radius 1 is 1.53 bits per heavy atom. The van der Waals surface area contributed by atoms with Gasteiger partial charge < -0.3 is 9.42 Å². The van der Waals surface area contributed by atoms with Crippen molar-refractivity contribution < 1.29 is 9.32 Å². The molecule has 1 heterocycles. The number of hydrogen-bond acceptors (Lipinski definition) is 4. The molecule has 1 rings (SSSR count). The zero-order valence-electron chi connectivity index (χ0n) is 10.2. The molecule has 0 N–H and O–H groups in total. The molecule has 0 aliphatic carbocycles. The molecule has 0 aromatic carbocycles. The van der Waals surface area contributed by atoms with Gasteiger partial charge in [-0.3, -0.25) is 4.79 Å². The van der Waals surface area contributed by atoms with Crippen molar-refractivity contribution in [1.29, 1.82) is 0 Å². The number of hydrogen-bond donors (Lipinski definition) is 0. The minimum absolute atomic E-state index is 0.0200. The average molecular weight is 279 g/mol. The number of aromatic nitrogens is 1. The molecule has 0 spiro atoms. The van der Waals surface area contributed by atoms with Crippen LogP contribution in [0.25, 0.3) is 0 Å². The van der Waals surface area contributed by atoms with Gasteiger partial charge >= 0.3 is 11.6 Å². The second-order valence-corrected chi connectivity index (χ2v) is 5.91. The van der Waals surface area contributed by atoms with Gasteiger partial charge in [0, 0.05) is 14.1 Å². The van der Waals surface area contributed by atoms with Crippen LogP contribution in [0.3, 0.4) is 0 Å². The fraction of sp³-hybridized carbons (Fsp3) is 0.600. The maximum Gasteiger partial charge on any atom is 0.360 e. The van der Waals surface area contributed by atoms with Gasteiger partial charge in [-0.1, -0.05) is 30.2 Å². The zero-order valence-corrected chi connectivity index (χ0v) is 11.8. The smallest absolute Gasteiger partial charge is 0.360 e. The Morgan fingerprint density at radius 2 is 2.12 bits per heavy atom. The molecule has 1 aromatic rings. The zero-order chi connectivity index (χ0) is 13.2. The third kappa shape index (κ3) is 3.29. The van der Waals surface area contributed by atoms with Gasteiger partial charge in [-0.05, 0) is 5.25 Å². The van der Waals surface area contributed by atoms with Crippen LogP contribution in [0.5, 0.6) is 0 Å². The lowest BCUT2D eigenvalue weighted by Gasteiger charge is -2.07. The van der Waals surface area contributed by atoms with Crippen LogP contribution in [0.4, 0.5) is 4.79 Å². The summed E-state index contributed by atoms with van der Waals surface area (Å²) in [6.45, 7) is 4.05. The molecule has 0 aliphatic rings. The molecule has 0 radical (unpaired) electrons. The van der Waals surface area contributed by atoms with Gasteiger partial charge in [0.05, 0.1) is 5.75 Å². The Hall–Kier alpha value is -0.880. The lowest BCUT2D eigenvalue weighted by atomic mass is 10.5. The van der Waals surface area contributed by atoms with E-state index in [0.29, 0.717) is 21.5 Å². The van der Waals surface area contributed by atoms with Crippen LogP contribution in [0.1, 0.15) is 19.6 Å². The molecule has 96 valence electrons. The van der Waals surface area contributed by atoms with Crippen molar-refractivity contribution >= 4 is 29.4 Å². The van der Waals surface area contributed by atoms with Crippen LogP contribution in [0.15, 0.2) is 9.32 Å². The van der Waals surface area contributed by atoms with Crippen molar-refractivity contribution in [3.63, 3.8) is 0 Å². The van der Waals surface area contributed by atoms with E-state index in [1.165, 1.54) is 19.0 Å². The fourth-order valence-electron chi connectivity index (χ4n) is 1.04. The molecule has 0 aliphatic heterocycles. The van der Waals surface area contributed by atoms with Crippen molar-refractivity contribution in [2.24, 2.45) is 0 Å². The summed E-state index contributed by atoms with van der Waals surface area (Å²) in [7, 11) is 3.07. The summed E-state index contributed by atoms with van der Waals surface area (Å²) in [4.78, 5) is 24.5. The highest BCUT2D eigenvalue weighted by Gasteiger charge is 2.21. The Morgan fingerprint density at radius 3 is 2.59 bits per heavy atom. The SMILES string of the molecule is CC(C)SCc1on(C(=O)N(C)C)c(=O)c1Cl. The molecule has 0 atom stereocenters. The van der Waals surface area contributed by atoms with E-state index in [1.807, 2.05) is 13.8 Å². The van der Waals surface area contributed by atoms with Gasteiger partial charge in [0.2, 0.25) is 0 Å². The summed E-state index contributed by atoms with van der Waals surface area (Å²) in [6, 6.07) is -0.544. The minimum Gasteiger partial charge on any atom is -0.369 e. The van der Waals surface area contributed by atoms with Crippen molar-refractivity contribution in [2.75, 3.05) is 14.1 Å². The van der Waals surface area contributed by atoms with E-state index in [0.717, 1.165) is 0 Å². The normalized spacial score (nSPS) is 10.9. The molecule has 0 bridgehead atoms. The Bertz CT molecular complexity index is 465. The van der Waals surface area contributed by atoms with Crippen molar-refractivity contribution in [3.05, 3.63) is 21.1 Å². The van der Waals surface area contributed by atoms with E-state index in [9.17, 15) is 9.59 Å². The topological polar surface area (TPSA) is 55.5 Å². The molecule has 5 nitrogen and oxygen atoms in total. The predicted molar refractivity (Wildman–Crippen MR) is 68.9 cm³/mol. The van der Waals surface area contributed by atoms with E-state index in [4.69, 9.17) is 16.1 Å². The van der Waals surface area contributed by atoms with Crippen LogP contribution < -0.4 is 5.56 Å². The standard InChI is InChI=1S/C10H15ClN2O3S/c1-6(2)17-5-7-8(11)9(14)13(16-7)10(15)12(3)4/h6H,5H2,1-4H3. The lowest BCUT2D eigenvalue weighted by Crippen LogP contribution is -2.33. The number of carbonyl (C=O) groups is 1. The van der Waals surface area contributed by atoms with E-state index >= 15 is 0 Å². The summed E-state index contributed by atoms with van der Waals surface area (Å²) < 4.78 is 5.86. The number of halogens is 1. The first-order valence-corrected chi connectivity index (χ1v) is 6.51. The van der Waals surface area contributed by atoms with Gasteiger partial charge in [-0.25, -0.2) is 4.79 Å². The molecular formula is C10H15ClN2O3S. The Balaban J connectivity index is 3.00. The molecule has 7 heteroatoms. The Labute approximate surface area is 109 Å². The minimum atomic E-state index is -0.607. The van der Waals surface area contributed by atoms with Crippen LogP contribution in [0, 0.1) is 0 Å². The van der Waals surface area contributed by atoms with E-state index in [-0.39, 0.29) is 5.02 Å². The number of thioether (sulfide) groups is 1. The molecule has 17 heavy (non-hydrogen) atoms. The molecule has 0 fully saturated rings. The van der Waals surface area contributed by atoms with Gasteiger partial charge in [0.1, 0.15) is 0 Å². The van der Waals surface area contributed by atoms with Crippen molar-refractivity contribution in [1.82, 2.24) is 9.64 Å². The maximum absolute atomic E-state index is 11.7. The maximum atomic E-state index is 11.7. The van der Waals surface area contributed by atoms with Crippen LogP contribution >= 0.6 is 23.4 Å². The monoisotopic (exact) mass is 278 g/mol. The van der Waals surface area contributed by atoms with Gasteiger partial charge in [0.25, 0.3) is 0 Å². The van der Waals surface area contributed by atoms with Crippen LogP contribution in [0.2, 0.25) is 5.02 Å². The number of rotatable bonds is 3. The summed E-state index contributed by atoms with van der Waals surface area (Å²) in [5.41, 5.74) is -0.607. The predicted octanol–water partition coefficient (Wildman–Crippen LogP) is 2.27. The van der Waals surface area contributed by atoms with Crippen LogP contribution in [-0.2, 0) is 5.75 Å². The first-order chi connectivity index (χ1) is 7.84. The van der Waals surface area contributed by atoms with Crippen molar-refractivity contribution in [3.8, 4) is 0 Å². The molecule has 0 saturated heterocycles. The van der Waals surface area contributed by atoms with E-state index < -0.39 is 11.6 Å². The lowest BCUT2D eigenvalue weighted by molar-refractivity contribution is 0.182. The summed E-state index contributed by atoms with van der Waals surface area (Å²) >= 11 is 7.42. The highest BCUT2D eigenvalue weighted by molar-refractivity contribution is 7.99. The highest BCUT2D eigenvalue weighted by atomic mass is 35.5. The van der Waals surface area contributed by atoms with Gasteiger partial charge in [-0.2, -0.15) is 11.8 Å². The molecule has 1 aromatic heterocycles. The third-order valence-electron chi connectivity index (χ3n) is 1.92. The first kappa shape index (κ1) is 14.2. The molecule has 0 saturated carbocycles. The van der Waals surface area contributed by atoms with Crippen LogP contribution in [-0.4, -0.2) is 35.0 Å². The second kappa shape index (κ2) is 5.64. The average Bonchev–Trinajstić information content (AvgIpc) is 2.52. The van der Waals surface area contributed by atoms with E-state index in [1.54, 1.807) is 11.8 Å². The summed E-state index contributed by atoms with van der Waals surface area (Å²) in [5.74, 6) is 0.810. The summed E-state index contributed by atoms with van der Waals surface area (Å²) in [6.07, 6.45) is 0. The number of nitrogens with zero attached hydrogens (tertiary/aromatic N) is 2. The third-order valence-corrected chi connectivity index (χ3v) is 3.39. The molecule has 0 unspecified atom stereocenters. The van der Waals surface area contributed by atoms with Crippen molar-refractivity contribution in [2.45, 2.75) is 24.9 Å². The first-order valence-electron chi connectivity index (χ1n) is 5.08. The highest BCUT2D eigenvalue weighted by Crippen LogP contribution is 2.21. The Kier molecular flexibility index (Phi) is 4.70. The fourth-order valence-corrected chi connectivity index (χ4v) is 1.98. The number of carbonyl (C=O) groups excluding carboxylic acids is 1. The van der Waals surface area contributed by atoms with E-state index in [2.05, 4.69) is 0 Å². The molecular weight excluding hydrogens is 264 g/mol. The molecule has 1 amide bonds. The van der Waals surface area contributed by atoms with Gasteiger partial charge in [-0.15, -0.1) is 0 Å². The summed E-state index contributed by atoms with van der Waals surface area (Å²) in [5, 5.41) is 0.373. The van der Waals surface area contributed by atoms with Gasteiger partial charge in [0.15, 0.2) is 10.8 Å². The number of amides is 1. The largest absolute Gasteiger partial charge is 0.369 e.